The number of aryl methyl sites for hydroxylation is 1. The van der Waals surface area contributed by atoms with E-state index in [-0.39, 0.29) is 6.42 Å². The Kier molecular flexibility index (Phi) is 2.36. The lowest BCUT2D eigenvalue weighted by molar-refractivity contribution is 0.0961. The van der Waals surface area contributed by atoms with Crippen LogP contribution in [0.1, 0.15) is 12.8 Å². The van der Waals surface area contributed by atoms with E-state index in [9.17, 15) is 8.78 Å². The summed E-state index contributed by atoms with van der Waals surface area (Å²) in [5.74, 6) is -2.88. The third-order valence-corrected chi connectivity index (χ3v) is 3.62. The Bertz CT molecular complexity index is 565. The van der Waals surface area contributed by atoms with Crippen LogP contribution in [0, 0.1) is 5.92 Å². The van der Waals surface area contributed by atoms with Crippen molar-refractivity contribution in [2.45, 2.75) is 25.3 Å². The first-order valence-electron chi connectivity index (χ1n) is 5.55. The molecule has 0 spiro atoms. The molecule has 0 saturated heterocycles. The summed E-state index contributed by atoms with van der Waals surface area (Å²) < 4.78 is 27.5. The topological polar surface area (TPSA) is 17.8 Å². The average molecular weight is 257 g/mol. The molecule has 1 saturated carbocycles. The third kappa shape index (κ3) is 1.90. The molecule has 0 bridgehead atoms. The molecule has 2 aromatic heterocycles. The van der Waals surface area contributed by atoms with Crippen LogP contribution >= 0.6 is 11.6 Å². The molecule has 0 aromatic carbocycles. The Hall–Kier alpha value is -1.16. The maximum absolute atomic E-state index is 12.8. The highest BCUT2D eigenvalue weighted by Gasteiger charge is 2.55. The third-order valence-electron chi connectivity index (χ3n) is 3.32. The minimum Gasteiger partial charge on any atom is -0.347 e. The fourth-order valence-corrected chi connectivity index (χ4v) is 2.38. The van der Waals surface area contributed by atoms with E-state index in [2.05, 4.69) is 4.98 Å². The largest absolute Gasteiger partial charge is 0.347 e. The molecule has 1 atom stereocenters. The van der Waals surface area contributed by atoms with Gasteiger partial charge in [0, 0.05) is 36.7 Å². The zero-order valence-electron chi connectivity index (χ0n) is 9.04. The molecule has 90 valence electrons. The molecule has 0 N–H and O–H groups in total. The fraction of sp³-hybridized carbons (Fsp3) is 0.417. The number of aromatic nitrogens is 2. The van der Waals surface area contributed by atoms with Crippen molar-refractivity contribution in [3.63, 3.8) is 0 Å². The summed E-state index contributed by atoms with van der Waals surface area (Å²) in [5.41, 5.74) is 0.953. The smallest absolute Gasteiger partial charge is 0.251 e. The average Bonchev–Trinajstić information content (AvgIpc) is 2.73. The molecular weight excluding hydrogens is 246 g/mol. The van der Waals surface area contributed by atoms with Crippen molar-refractivity contribution < 1.29 is 8.78 Å². The first kappa shape index (κ1) is 11.0. The Morgan fingerprint density at radius 3 is 2.94 bits per heavy atom. The highest BCUT2D eigenvalue weighted by molar-refractivity contribution is 6.34. The summed E-state index contributed by atoms with van der Waals surface area (Å²) in [5, 5.41) is 1.33. The number of halogens is 3. The van der Waals surface area contributed by atoms with Crippen LogP contribution in [0.3, 0.4) is 0 Å². The van der Waals surface area contributed by atoms with E-state index in [4.69, 9.17) is 11.6 Å². The molecule has 5 heteroatoms. The highest BCUT2D eigenvalue weighted by atomic mass is 35.5. The second-order valence-electron chi connectivity index (χ2n) is 4.49. The van der Waals surface area contributed by atoms with Gasteiger partial charge in [-0.15, -0.1) is 0 Å². The maximum Gasteiger partial charge on any atom is 0.251 e. The summed E-state index contributed by atoms with van der Waals surface area (Å²) in [6.45, 7) is 0.601. The van der Waals surface area contributed by atoms with Crippen LogP contribution in [0.25, 0.3) is 10.9 Å². The van der Waals surface area contributed by atoms with Crippen molar-refractivity contribution >= 4 is 22.5 Å². The van der Waals surface area contributed by atoms with E-state index in [0.29, 0.717) is 18.1 Å². The van der Waals surface area contributed by atoms with Crippen LogP contribution in [0.2, 0.25) is 5.15 Å². The van der Waals surface area contributed by atoms with Crippen LogP contribution in [0.15, 0.2) is 24.5 Å². The van der Waals surface area contributed by atoms with Gasteiger partial charge in [-0.1, -0.05) is 11.6 Å². The molecule has 1 fully saturated rings. The molecule has 1 unspecified atom stereocenters. The van der Waals surface area contributed by atoms with Gasteiger partial charge in [0.25, 0.3) is 5.92 Å². The Balaban J connectivity index is 1.80. The number of pyridine rings is 1. The predicted octanol–water partition coefficient (Wildman–Crippen LogP) is 3.74. The number of nitrogens with zero attached hydrogens (tertiary/aromatic N) is 2. The van der Waals surface area contributed by atoms with Crippen LogP contribution in [-0.2, 0) is 6.54 Å². The van der Waals surface area contributed by atoms with Crippen molar-refractivity contribution in [1.82, 2.24) is 9.55 Å². The molecule has 17 heavy (non-hydrogen) atoms. The molecule has 2 heterocycles. The first-order valence-corrected chi connectivity index (χ1v) is 5.93. The fourth-order valence-electron chi connectivity index (χ4n) is 2.16. The van der Waals surface area contributed by atoms with Crippen molar-refractivity contribution in [1.29, 1.82) is 0 Å². The van der Waals surface area contributed by atoms with Crippen molar-refractivity contribution in [3.05, 3.63) is 29.7 Å². The molecule has 1 aliphatic rings. The van der Waals surface area contributed by atoms with E-state index >= 15 is 0 Å². The van der Waals surface area contributed by atoms with Crippen LogP contribution in [0.4, 0.5) is 8.78 Å². The number of alkyl halides is 2. The summed E-state index contributed by atoms with van der Waals surface area (Å²) in [6, 6.07) is 3.72. The minimum absolute atomic E-state index is 0.0362. The molecule has 1 aliphatic carbocycles. The summed E-state index contributed by atoms with van der Waals surface area (Å²) in [7, 11) is 0. The molecule has 2 nitrogen and oxygen atoms in total. The minimum atomic E-state index is -2.43. The number of rotatable bonds is 3. The van der Waals surface area contributed by atoms with Gasteiger partial charge in [0.1, 0.15) is 5.15 Å². The SMILES string of the molecule is FC1(F)CC1CCn1ccc2c(Cl)nccc21. The molecular formula is C12H11ClF2N2. The Labute approximate surface area is 102 Å². The zero-order chi connectivity index (χ0) is 12.0. The van der Waals surface area contributed by atoms with Gasteiger partial charge in [0.05, 0.1) is 5.52 Å². The van der Waals surface area contributed by atoms with E-state index in [0.717, 1.165) is 10.9 Å². The van der Waals surface area contributed by atoms with Gasteiger partial charge in [0.2, 0.25) is 0 Å². The maximum atomic E-state index is 12.8. The second-order valence-corrected chi connectivity index (χ2v) is 4.85. The van der Waals surface area contributed by atoms with Crippen LogP contribution in [0.5, 0.6) is 0 Å². The van der Waals surface area contributed by atoms with Crippen LogP contribution in [-0.4, -0.2) is 15.5 Å². The summed E-state index contributed by atoms with van der Waals surface area (Å²) >= 11 is 5.95. The number of fused-ring (bicyclic) bond motifs is 1. The predicted molar refractivity (Wildman–Crippen MR) is 62.4 cm³/mol. The number of hydrogen-bond acceptors (Lipinski definition) is 1. The molecule has 3 rings (SSSR count). The monoisotopic (exact) mass is 256 g/mol. The lowest BCUT2D eigenvalue weighted by Crippen LogP contribution is -2.01. The second kappa shape index (κ2) is 3.67. The lowest BCUT2D eigenvalue weighted by Gasteiger charge is -2.04. The molecule has 0 radical (unpaired) electrons. The number of hydrogen-bond donors (Lipinski definition) is 0. The van der Waals surface area contributed by atoms with E-state index in [1.165, 1.54) is 0 Å². The summed E-state index contributed by atoms with van der Waals surface area (Å²) in [6.07, 6.45) is 4.05. The van der Waals surface area contributed by atoms with E-state index < -0.39 is 11.8 Å². The van der Waals surface area contributed by atoms with Crippen molar-refractivity contribution in [2.75, 3.05) is 0 Å². The van der Waals surface area contributed by atoms with Gasteiger partial charge < -0.3 is 4.57 Å². The van der Waals surface area contributed by atoms with Gasteiger partial charge in [-0.3, -0.25) is 0 Å². The Morgan fingerprint density at radius 2 is 2.24 bits per heavy atom. The zero-order valence-corrected chi connectivity index (χ0v) is 9.79. The Morgan fingerprint density at radius 1 is 1.47 bits per heavy atom. The van der Waals surface area contributed by atoms with E-state index in [1.807, 2.05) is 22.9 Å². The molecule has 0 aliphatic heterocycles. The normalized spacial score (nSPS) is 21.9. The highest BCUT2D eigenvalue weighted by Crippen LogP contribution is 2.50. The van der Waals surface area contributed by atoms with Gasteiger partial charge in [-0.25, -0.2) is 13.8 Å². The van der Waals surface area contributed by atoms with E-state index in [1.54, 1.807) is 6.20 Å². The van der Waals surface area contributed by atoms with Crippen LogP contribution < -0.4 is 0 Å². The standard InChI is InChI=1S/C12H11ClF2N2/c13-11-9-3-6-17(10(9)1-4-16-11)5-2-8-7-12(8,14)15/h1,3-4,6,8H,2,5,7H2. The molecule has 0 amide bonds. The van der Waals surface area contributed by atoms with Gasteiger partial charge in [-0.05, 0) is 18.6 Å². The quantitative estimate of drug-likeness (QED) is 0.765. The summed E-state index contributed by atoms with van der Waals surface area (Å²) in [4.78, 5) is 3.98. The van der Waals surface area contributed by atoms with Gasteiger partial charge in [0.15, 0.2) is 0 Å². The molecule has 2 aromatic rings. The van der Waals surface area contributed by atoms with Crippen molar-refractivity contribution in [3.8, 4) is 0 Å². The van der Waals surface area contributed by atoms with Gasteiger partial charge >= 0.3 is 0 Å². The van der Waals surface area contributed by atoms with Gasteiger partial charge in [-0.2, -0.15) is 0 Å². The first-order chi connectivity index (χ1) is 8.08. The van der Waals surface area contributed by atoms with Crippen molar-refractivity contribution in [2.24, 2.45) is 5.92 Å². The lowest BCUT2D eigenvalue weighted by atomic mass is 10.3.